The second-order valence-corrected chi connectivity index (χ2v) is 5.48. The van der Waals surface area contributed by atoms with Gasteiger partial charge in [-0.3, -0.25) is 14.2 Å². The number of hydrogen-bond donors (Lipinski definition) is 1. The molecule has 0 saturated carbocycles. The summed E-state index contributed by atoms with van der Waals surface area (Å²) in [4.78, 5) is 14.2. The first kappa shape index (κ1) is 13.8. The van der Waals surface area contributed by atoms with Crippen LogP contribution in [-0.4, -0.2) is 19.6 Å². The van der Waals surface area contributed by atoms with Gasteiger partial charge in [-0.1, -0.05) is 30.8 Å². The van der Waals surface area contributed by atoms with Crippen LogP contribution in [0.2, 0.25) is 0 Å². The highest BCUT2D eigenvalue weighted by Crippen LogP contribution is 2.22. The number of aromatic nitrogens is 4. The molecule has 1 aromatic carbocycles. The zero-order valence-electron chi connectivity index (χ0n) is 11.3. The van der Waals surface area contributed by atoms with Crippen LogP contribution in [0.1, 0.15) is 18.2 Å². The van der Waals surface area contributed by atoms with E-state index < -0.39 is 0 Å². The third-order valence-electron chi connectivity index (χ3n) is 3.10. The first-order valence-electron chi connectivity index (χ1n) is 6.52. The number of nitrogens with zero attached hydrogens (tertiary/aromatic N) is 3. The minimum absolute atomic E-state index is 0.179. The Labute approximate surface area is 124 Å². The molecule has 0 unspecified atom stereocenters. The van der Waals surface area contributed by atoms with E-state index in [-0.39, 0.29) is 11.4 Å². The lowest BCUT2D eigenvalue weighted by molar-refractivity contribution is 0.627. The minimum atomic E-state index is -0.248. The van der Waals surface area contributed by atoms with E-state index in [9.17, 15) is 9.18 Å². The summed E-state index contributed by atoms with van der Waals surface area (Å²) >= 11 is 1.50. The van der Waals surface area contributed by atoms with Crippen LogP contribution in [0.5, 0.6) is 0 Å². The lowest BCUT2D eigenvalue weighted by atomic mass is 10.2. The third-order valence-corrected chi connectivity index (χ3v) is 4.10. The molecule has 0 radical (unpaired) electrons. The molecule has 1 N–H and O–H groups in total. The molecule has 3 aromatic rings. The molecule has 0 aliphatic heterocycles. The number of nitrogens with one attached hydrogen (secondary N) is 1. The molecule has 0 saturated heterocycles. The van der Waals surface area contributed by atoms with Crippen molar-refractivity contribution in [3.8, 4) is 0 Å². The third kappa shape index (κ3) is 2.82. The molecule has 0 atom stereocenters. The highest BCUT2D eigenvalue weighted by atomic mass is 32.2. The maximum absolute atomic E-state index is 12.9. The minimum Gasteiger partial charge on any atom is -0.291 e. The Bertz CT molecular complexity index is 825. The number of aryl methyl sites for hydroxylation is 1. The summed E-state index contributed by atoms with van der Waals surface area (Å²) in [6.07, 6.45) is 0.711. The van der Waals surface area contributed by atoms with Gasteiger partial charge in [0.05, 0.1) is 0 Å². The van der Waals surface area contributed by atoms with Gasteiger partial charge in [0, 0.05) is 17.5 Å². The zero-order chi connectivity index (χ0) is 14.8. The second-order valence-electron chi connectivity index (χ2n) is 4.54. The van der Waals surface area contributed by atoms with Gasteiger partial charge in [-0.25, -0.2) is 4.39 Å². The van der Waals surface area contributed by atoms with Crippen molar-refractivity contribution in [3.05, 3.63) is 57.8 Å². The second kappa shape index (κ2) is 5.69. The number of benzene rings is 1. The van der Waals surface area contributed by atoms with Crippen LogP contribution >= 0.6 is 11.8 Å². The summed E-state index contributed by atoms with van der Waals surface area (Å²) in [6, 6.07) is 7.92. The summed E-state index contributed by atoms with van der Waals surface area (Å²) in [5.74, 6) is 0.854. The molecule has 0 spiro atoms. The van der Waals surface area contributed by atoms with Crippen molar-refractivity contribution in [2.75, 3.05) is 0 Å². The molecule has 2 aromatic heterocycles. The van der Waals surface area contributed by atoms with E-state index in [2.05, 4.69) is 15.2 Å². The molecule has 5 nitrogen and oxygen atoms in total. The molecular weight excluding hydrogens is 291 g/mol. The Kier molecular flexibility index (Phi) is 3.74. The lowest BCUT2D eigenvalue weighted by Crippen LogP contribution is -2.11. The van der Waals surface area contributed by atoms with Crippen molar-refractivity contribution in [1.82, 2.24) is 19.6 Å². The van der Waals surface area contributed by atoms with E-state index in [0.717, 1.165) is 11.3 Å². The number of fused-ring (bicyclic) bond motifs is 1. The smallest absolute Gasteiger partial charge is 0.252 e. The van der Waals surface area contributed by atoms with E-state index >= 15 is 0 Å². The van der Waals surface area contributed by atoms with Crippen LogP contribution < -0.4 is 5.56 Å². The van der Waals surface area contributed by atoms with Crippen LogP contribution in [0.3, 0.4) is 0 Å². The number of thioether (sulfide) groups is 1. The van der Waals surface area contributed by atoms with Crippen molar-refractivity contribution < 1.29 is 4.39 Å². The van der Waals surface area contributed by atoms with Crippen LogP contribution in [0.15, 0.2) is 40.3 Å². The van der Waals surface area contributed by atoms with Crippen LogP contribution in [-0.2, 0) is 12.2 Å². The Hall–Kier alpha value is -2.15. The predicted octanol–water partition coefficient (Wildman–Crippen LogP) is 2.41. The van der Waals surface area contributed by atoms with Crippen LogP contribution in [0.4, 0.5) is 4.39 Å². The standard InChI is InChI=1S/C14H13FN4OS/c1-2-11-7-12(20)16-13-17-18-14(19(11)13)21-8-9-3-5-10(15)6-4-9/h3-7H,2,8H2,1H3,(H,16,17,20). The van der Waals surface area contributed by atoms with Crippen LogP contribution in [0, 0.1) is 5.82 Å². The van der Waals surface area contributed by atoms with Gasteiger partial charge in [-0.15, -0.1) is 10.2 Å². The molecule has 0 bridgehead atoms. The summed E-state index contributed by atoms with van der Waals surface area (Å²) in [6.45, 7) is 1.97. The molecule has 3 rings (SSSR count). The topological polar surface area (TPSA) is 63.0 Å². The number of halogens is 1. The Morgan fingerprint density at radius 2 is 2.05 bits per heavy atom. The van der Waals surface area contributed by atoms with E-state index in [4.69, 9.17) is 0 Å². The predicted molar refractivity (Wildman–Crippen MR) is 78.9 cm³/mol. The van der Waals surface area contributed by atoms with Gasteiger partial charge in [-0.05, 0) is 24.1 Å². The number of H-pyrrole nitrogens is 1. The number of rotatable bonds is 4. The SMILES string of the molecule is CCc1cc(=O)[nH]c2nnc(SCc3ccc(F)cc3)n12. The molecule has 0 aliphatic rings. The molecule has 7 heteroatoms. The fourth-order valence-electron chi connectivity index (χ4n) is 2.05. The summed E-state index contributed by atoms with van der Waals surface area (Å²) in [7, 11) is 0. The van der Waals surface area contributed by atoms with Gasteiger partial charge in [0.15, 0.2) is 5.16 Å². The van der Waals surface area contributed by atoms with Crippen molar-refractivity contribution in [3.63, 3.8) is 0 Å². The summed E-state index contributed by atoms with van der Waals surface area (Å²) < 4.78 is 14.7. The fraction of sp³-hybridized carbons (Fsp3) is 0.214. The van der Waals surface area contributed by atoms with Gasteiger partial charge >= 0.3 is 0 Å². The molecule has 108 valence electrons. The van der Waals surface area contributed by atoms with E-state index in [1.54, 1.807) is 18.2 Å². The highest BCUT2D eigenvalue weighted by molar-refractivity contribution is 7.98. The zero-order valence-corrected chi connectivity index (χ0v) is 12.2. The van der Waals surface area contributed by atoms with Gasteiger partial charge in [-0.2, -0.15) is 0 Å². The van der Waals surface area contributed by atoms with Crippen molar-refractivity contribution >= 4 is 17.5 Å². The number of aromatic amines is 1. The van der Waals surface area contributed by atoms with E-state index in [1.165, 1.54) is 23.9 Å². The quantitative estimate of drug-likeness (QED) is 0.752. The Morgan fingerprint density at radius 1 is 1.29 bits per heavy atom. The molecule has 0 aliphatic carbocycles. The molecule has 2 heterocycles. The monoisotopic (exact) mass is 304 g/mol. The van der Waals surface area contributed by atoms with Crippen LogP contribution in [0.25, 0.3) is 5.78 Å². The average Bonchev–Trinajstić information content (AvgIpc) is 2.88. The average molecular weight is 304 g/mol. The first-order valence-corrected chi connectivity index (χ1v) is 7.50. The fourth-order valence-corrected chi connectivity index (χ4v) is 2.97. The van der Waals surface area contributed by atoms with Gasteiger partial charge in [0.2, 0.25) is 5.78 Å². The normalized spacial score (nSPS) is 11.1. The summed E-state index contributed by atoms with van der Waals surface area (Å²) in [5.41, 5.74) is 1.68. The van der Waals surface area contributed by atoms with Crippen molar-refractivity contribution in [1.29, 1.82) is 0 Å². The Morgan fingerprint density at radius 3 is 2.76 bits per heavy atom. The first-order chi connectivity index (χ1) is 10.2. The van der Waals surface area contributed by atoms with Crippen molar-refractivity contribution in [2.45, 2.75) is 24.3 Å². The van der Waals surface area contributed by atoms with Gasteiger partial charge < -0.3 is 0 Å². The van der Waals surface area contributed by atoms with Gasteiger partial charge in [0.25, 0.3) is 5.56 Å². The molecule has 0 fully saturated rings. The maximum atomic E-state index is 12.9. The number of hydrogen-bond acceptors (Lipinski definition) is 4. The largest absolute Gasteiger partial charge is 0.291 e. The van der Waals surface area contributed by atoms with Gasteiger partial charge in [0.1, 0.15) is 5.82 Å². The van der Waals surface area contributed by atoms with E-state index in [0.29, 0.717) is 23.1 Å². The summed E-state index contributed by atoms with van der Waals surface area (Å²) in [5, 5.41) is 8.81. The molecule has 0 amide bonds. The lowest BCUT2D eigenvalue weighted by Gasteiger charge is -2.05. The van der Waals surface area contributed by atoms with E-state index in [1.807, 2.05) is 11.3 Å². The van der Waals surface area contributed by atoms with Crippen molar-refractivity contribution in [2.24, 2.45) is 0 Å². The Balaban J connectivity index is 1.90. The maximum Gasteiger partial charge on any atom is 0.252 e. The molecular formula is C14H13FN4OS. The highest BCUT2D eigenvalue weighted by Gasteiger charge is 2.11. The molecule has 21 heavy (non-hydrogen) atoms.